The normalized spacial score (nSPS) is 16.9. The number of nitrogen functional groups attached to an aromatic ring is 1. The van der Waals surface area contributed by atoms with E-state index in [1.165, 1.54) is 32.1 Å². The highest BCUT2D eigenvalue weighted by atomic mass is 15.1. The number of imidazole rings is 1. The molecule has 0 spiro atoms. The standard InChI is InChI=1S/C15H25N3/c1-3-10-18-14(4-2)17-13(15(18)16)11-12-8-6-5-7-9-12/h3,12H,1,4-11,16H2,2H3. The molecule has 1 aromatic rings. The van der Waals surface area contributed by atoms with Crippen LogP contribution in [-0.4, -0.2) is 9.55 Å². The van der Waals surface area contributed by atoms with Crippen molar-refractivity contribution in [2.24, 2.45) is 5.92 Å². The Kier molecular flexibility index (Phi) is 4.45. The van der Waals surface area contributed by atoms with Gasteiger partial charge in [-0.25, -0.2) is 4.98 Å². The first kappa shape index (κ1) is 13.2. The van der Waals surface area contributed by atoms with Gasteiger partial charge in [-0.3, -0.25) is 0 Å². The molecule has 0 amide bonds. The molecule has 1 aliphatic rings. The molecule has 3 heteroatoms. The largest absolute Gasteiger partial charge is 0.384 e. The first-order valence-corrected chi connectivity index (χ1v) is 7.20. The van der Waals surface area contributed by atoms with Crippen LogP contribution < -0.4 is 5.73 Å². The van der Waals surface area contributed by atoms with Crippen molar-refractivity contribution in [2.75, 3.05) is 5.73 Å². The molecule has 2 N–H and O–H groups in total. The van der Waals surface area contributed by atoms with Crippen LogP contribution >= 0.6 is 0 Å². The van der Waals surface area contributed by atoms with E-state index in [-0.39, 0.29) is 0 Å². The lowest BCUT2D eigenvalue weighted by molar-refractivity contribution is 0.355. The molecule has 0 saturated heterocycles. The highest BCUT2D eigenvalue weighted by Gasteiger charge is 2.19. The van der Waals surface area contributed by atoms with Gasteiger partial charge in [0.05, 0.1) is 5.69 Å². The zero-order chi connectivity index (χ0) is 13.0. The van der Waals surface area contributed by atoms with E-state index in [1.807, 2.05) is 6.08 Å². The van der Waals surface area contributed by atoms with Crippen LogP contribution in [0.25, 0.3) is 0 Å². The summed E-state index contributed by atoms with van der Waals surface area (Å²) >= 11 is 0. The van der Waals surface area contributed by atoms with Gasteiger partial charge in [0.15, 0.2) is 0 Å². The number of allylic oxidation sites excluding steroid dienone is 1. The van der Waals surface area contributed by atoms with Gasteiger partial charge in [0.2, 0.25) is 0 Å². The summed E-state index contributed by atoms with van der Waals surface area (Å²) in [7, 11) is 0. The zero-order valence-electron chi connectivity index (χ0n) is 11.5. The molecule has 1 fully saturated rings. The predicted molar refractivity (Wildman–Crippen MR) is 76.5 cm³/mol. The van der Waals surface area contributed by atoms with Crippen molar-refractivity contribution >= 4 is 5.82 Å². The molecule has 0 atom stereocenters. The van der Waals surface area contributed by atoms with Gasteiger partial charge < -0.3 is 10.3 Å². The lowest BCUT2D eigenvalue weighted by Gasteiger charge is -2.20. The topological polar surface area (TPSA) is 43.8 Å². The molecular formula is C15H25N3. The van der Waals surface area contributed by atoms with E-state index in [9.17, 15) is 0 Å². The number of nitrogens with zero attached hydrogens (tertiary/aromatic N) is 2. The number of nitrogens with two attached hydrogens (primary N) is 1. The van der Waals surface area contributed by atoms with E-state index >= 15 is 0 Å². The Balaban J connectivity index is 2.14. The average Bonchev–Trinajstić information content (AvgIpc) is 2.69. The fourth-order valence-electron chi connectivity index (χ4n) is 2.99. The summed E-state index contributed by atoms with van der Waals surface area (Å²) in [4.78, 5) is 4.73. The number of hydrogen-bond donors (Lipinski definition) is 1. The maximum absolute atomic E-state index is 6.24. The third kappa shape index (κ3) is 2.77. The maximum Gasteiger partial charge on any atom is 0.127 e. The summed E-state index contributed by atoms with van der Waals surface area (Å²) in [5, 5.41) is 0. The minimum absolute atomic E-state index is 0.771. The molecule has 0 radical (unpaired) electrons. The van der Waals surface area contributed by atoms with E-state index in [1.54, 1.807) is 0 Å². The Labute approximate surface area is 110 Å². The molecule has 0 bridgehead atoms. The Morgan fingerprint density at radius 2 is 2.11 bits per heavy atom. The molecule has 1 aromatic heterocycles. The van der Waals surface area contributed by atoms with Gasteiger partial charge in [-0.15, -0.1) is 6.58 Å². The minimum atomic E-state index is 0.771. The Morgan fingerprint density at radius 3 is 2.72 bits per heavy atom. The van der Waals surface area contributed by atoms with Crippen molar-refractivity contribution in [1.29, 1.82) is 0 Å². The van der Waals surface area contributed by atoms with Gasteiger partial charge >= 0.3 is 0 Å². The number of hydrogen-bond acceptors (Lipinski definition) is 2. The van der Waals surface area contributed by atoms with Gasteiger partial charge in [-0.05, 0) is 12.3 Å². The molecule has 3 nitrogen and oxygen atoms in total. The minimum Gasteiger partial charge on any atom is -0.384 e. The molecule has 0 aromatic carbocycles. The third-order valence-electron chi connectivity index (χ3n) is 4.00. The summed E-state index contributed by atoms with van der Waals surface area (Å²) in [5.74, 6) is 2.74. The second-order valence-electron chi connectivity index (χ2n) is 5.32. The lowest BCUT2D eigenvalue weighted by Crippen LogP contribution is -2.11. The van der Waals surface area contributed by atoms with Crippen molar-refractivity contribution in [3.8, 4) is 0 Å². The van der Waals surface area contributed by atoms with Gasteiger partial charge in [0.1, 0.15) is 11.6 Å². The number of anilines is 1. The van der Waals surface area contributed by atoms with Crippen LogP contribution in [0.3, 0.4) is 0 Å². The van der Waals surface area contributed by atoms with Crippen LogP contribution in [0.2, 0.25) is 0 Å². The van der Waals surface area contributed by atoms with Gasteiger partial charge in [0.25, 0.3) is 0 Å². The molecule has 1 aliphatic carbocycles. The molecular weight excluding hydrogens is 222 g/mol. The van der Waals surface area contributed by atoms with Crippen LogP contribution in [-0.2, 0) is 19.4 Å². The van der Waals surface area contributed by atoms with E-state index in [0.29, 0.717) is 0 Å². The zero-order valence-corrected chi connectivity index (χ0v) is 11.5. The Bertz CT molecular complexity index is 400. The molecule has 18 heavy (non-hydrogen) atoms. The van der Waals surface area contributed by atoms with Crippen molar-refractivity contribution in [3.05, 3.63) is 24.2 Å². The number of aromatic nitrogens is 2. The lowest BCUT2D eigenvalue weighted by atomic mass is 9.86. The highest BCUT2D eigenvalue weighted by Crippen LogP contribution is 2.28. The summed E-state index contributed by atoms with van der Waals surface area (Å²) in [5.41, 5.74) is 7.35. The first-order chi connectivity index (χ1) is 8.76. The van der Waals surface area contributed by atoms with Crippen molar-refractivity contribution in [3.63, 3.8) is 0 Å². The smallest absolute Gasteiger partial charge is 0.127 e. The second kappa shape index (κ2) is 6.07. The van der Waals surface area contributed by atoms with E-state index in [0.717, 1.165) is 42.6 Å². The maximum atomic E-state index is 6.24. The van der Waals surface area contributed by atoms with Crippen LogP contribution in [0.4, 0.5) is 5.82 Å². The highest BCUT2D eigenvalue weighted by molar-refractivity contribution is 5.39. The van der Waals surface area contributed by atoms with Gasteiger partial charge in [-0.2, -0.15) is 0 Å². The molecule has 0 aliphatic heterocycles. The predicted octanol–water partition coefficient (Wildman–Crippen LogP) is 3.34. The van der Waals surface area contributed by atoms with Gasteiger partial charge in [0, 0.05) is 13.0 Å². The summed E-state index contributed by atoms with van der Waals surface area (Å²) in [6, 6.07) is 0. The van der Waals surface area contributed by atoms with Crippen molar-refractivity contribution in [1.82, 2.24) is 9.55 Å². The summed E-state index contributed by atoms with van der Waals surface area (Å²) in [6.07, 6.45) is 10.7. The summed E-state index contributed by atoms with van der Waals surface area (Å²) in [6.45, 7) is 6.69. The molecule has 0 unspecified atom stereocenters. The van der Waals surface area contributed by atoms with Crippen LogP contribution in [0.1, 0.15) is 50.5 Å². The second-order valence-corrected chi connectivity index (χ2v) is 5.32. The molecule has 100 valence electrons. The van der Waals surface area contributed by atoms with E-state index in [4.69, 9.17) is 10.7 Å². The summed E-state index contributed by atoms with van der Waals surface area (Å²) < 4.78 is 2.10. The fourth-order valence-corrected chi connectivity index (χ4v) is 2.99. The Hall–Kier alpha value is -1.25. The van der Waals surface area contributed by atoms with Crippen LogP contribution in [0.5, 0.6) is 0 Å². The van der Waals surface area contributed by atoms with Crippen molar-refractivity contribution in [2.45, 2.75) is 58.4 Å². The molecule has 1 heterocycles. The first-order valence-electron chi connectivity index (χ1n) is 7.20. The number of aryl methyl sites for hydroxylation is 1. The SMILES string of the molecule is C=CCn1c(CC)nc(CC2CCCCC2)c1N. The van der Waals surface area contributed by atoms with E-state index in [2.05, 4.69) is 18.1 Å². The van der Waals surface area contributed by atoms with E-state index < -0.39 is 0 Å². The quantitative estimate of drug-likeness (QED) is 0.811. The third-order valence-corrected chi connectivity index (χ3v) is 4.00. The monoisotopic (exact) mass is 247 g/mol. The number of rotatable bonds is 5. The fraction of sp³-hybridized carbons (Fsp3) is 0.667. The average molecular weight is 247 g/mol. The Morgan fingerprint density at radius 1 is 1.39 bits per heavy atom. The molecule has 1 saturated carbocycles. The van der Waals surface area contributed by atoms with Gasteiger partial charge in [-0.1, -0.05) is 45.1 Å². The van der Waals surface area contributed by atoms with Crippen molar-refractivity contribution < 1.29 is 0 Å². The van der Waals surface area contributed by atoms with Crippen LogP contribution in [0.15, 0.2) is 12.7 Å². The van der Waals surface area contributed by atoms with Crippen LogP contribution in [0, 0.1) is 5.92 Å². The molecule has 2 rings (SSSR count).